The Labute approximate surface area is 193 Å². The quantitative estimate of drug-likeness (QED) is 0.348. The van der Waals surface area contributed by atoms with Crippen LogP contribution in [0.15, 0.2) is 52.3 Å². The van der Waals surface area contributed by atoms with Crippen LogP contribution >= 0.6 is 11.7 Å². The predicted octanol–water partition coefficient (Wildman–Crippen LogP) is 0.269. The third-order valence-corrected chi connectivity index (χ3v) is 9.60. The first kappa shape index (κ1) is 23.5. The van der Waals surface area contributed by atoms with Gasteiger partial charge in [-0.2, -0.15) is 17.4 Å². The van der Waals surface area contributed by atoms with E-state index in [1.54, 1.807) is 6.07 Å². The standard InChI is InChI=1S/C18H19N5O7S3/c1-30-12-5-7-13(8-6-12)32(26,27)23-10-9-22(11-15(23)18(24)19-25)33(28,29)16-4-2-3-14-17(16)21-31-20-14/h2-8,15,25H,9-11H2,1H3,(H,19,24). The fourth-order valence-electron chi connectivity index (χ4n) is 3.55. The molecule has 1 aromatic heterocycles. The Morgan fingerprint density at radius 2 is 1.82 bits per heavy atom. The fraction of sp³-hybridized carbons (Fsp3) is 0.278. The first-order chi connectivity index (χ1) is 15.7. The molecule has 0 spiro atoms. The van der Waals surface area contributed by atoms with Crippen LogP contribution in [0.3, 0.4) is 0 Å². The minimum atomic E-state index is -4.19. The van der Waals surface area contributed by atoms with Crippen molar-refractivity contribution in [2.45, 2.75) is 15.8 Å². The molecule has 2 aromatic carbocycles. The summed E-state index contributed by atoms with van der Waals surface area (Å²) in [6.45, 7) is -1.02. The number of fused-ring (bicyclic) bond motifs is 1. The third kappa shape index (κ3) is 4.18. The van der Waals surface area contributed by atoms with Crippen molar-refractivity contribution in [3.8, 4) is 5.75 Å². The maximum Gasteiger partial charge on any atom is 0.263 e. The van der Waals surface area contributed by atoms with Crippen molar-refractivity contribution >= 4 is 48.7 Å². The fourth-order valence-corrected chi connectivity index (χ4v) is 7.31. The summed E-state index contributed by atoms with van der Waals surface area (Å²) < 4.78 is 68.1. The first-order valence-corrected chi connectivity index (χ1v) is 13.1. The number of nitrogens with one attached hydrogen (secondary N) is 1. The van der Waals surface area contributed by atoms with Gasteiger partial charge in [-0.15, -0.1) is 0 Å². The van der Waals surface area contributed by atoms with Gasteiger partial charge in [-0.25, -0.2) is 22.3 Å². The number of carbonyl (C=O) groups excluding carboxylic acids is 1. The molecule has 1 saturated heterocycles. The van der Waals surface area contributed by atoms with Crippen LogP contribution in [0.25, 0.3) is 11.0 Å². The van der Waals surface area contributed by atoms with Crippen molar-refractivity contribution < 1.29 is 31.6 Å². The molecule has 12 nitrogen and oxygen atoms in total. The maximum atomic E-state index is 13.3. The molecule has 0 aliphatic carbocycles. The number of carbonyl (C=O) groups is 1. The molecule has 1 amide bonds. The summed E-state index contributed by atoms with van der Waals surface area (Å²) in [7, 11) is -6.89. The average molecular weight is 514 g/mol. The van der Waals surface area contributed by atoms with Gasteiger partial charge < -0.3 is 4.74 Å². The van der Waals surface area contributed by atoms with Crippen LogP contribution in [-0.2, 0) is 24.8 Å². The number of aromatic nitrogens is 2. The topological polar surface area (TPSA) is 159 Å². The number of ether oxygens (including phenoxy) is 1. The van der Waals surface area contributed by atoms with Crippen molar-refractivity contribution in [3.63, 3.8) is 0 Å². The maximum absolute atomic E-state index is 13.3. The molecule has 1 unspecified atom stereocenters. The molecular weight excluding hydrogens is 494 g/mol. The molecule has 33 heavy (non-hydrogen) atoms. The Morgan fingerprint density at radius 3 is 2.48 bits per heavy atom. The lowest BCUT2D eigenvalue weighted by atomic mass is 10.2. The van der Waals surface area contributed by atoms with E-state index in [4.69, 9.17) is 4.74 Å². The van der Waals surface area contributed by atoms with Gasteiger partial charge in [0.15, 0.2) is 0 Å². The zero-order chi connectivity index (χ0) is 23.8. The lowest BCUT2D eigenvalue weighted by molar-refractivity contribution is -0.134. The molecule has 3 aromatic rings. The van der Waals surface area contributed by atoms with Crippen molar-refractivity contribution in [2.75, 3.05) is 26.7 Å². The smallest absolute Gasteiger partial charge is 0.263 e. The van der Waals surface area contributed by atoms with Gasteiger partial charge in [-0.1, -0.05) is 6.07 Å². The largest absolute Gasteiger partial charge is 0.497 e. The molecule has 2 heterocycles. The van der Waals surface area contributed by atoms with E-state index < -0.39 is 38.5 Å². The Kier molecular flexibility index (Phi) is 6.35. The van der Waals surface area contributed by atoms with Crippen LogP contribution in [0.2, 0.25) is 0 Å². The van der Waals surface area contributed by atoms with E-state index >= 15 is 0 Å². The van der Waals surface area contributed by atoms with Gasteiger partial charge in [0.2, 0.25) is 20.0 Å². The normalized spacial score (nSPS) is 18.3. The lowest BCUT2D eigenvalue weighted by Gasteiger charge is -2.38. The second kappa shape index (κ2) is 8.92. The highest BCUT2D eigenvalue weighted by molar-refractivity contribution is 7.89. The number of piperazine rings is 1. The van der Waals surface area contributed by atoms with E-state index in [0.29, 0.717) is 11.3 Å². The number of sulfonamides is 2. The van der Waals surface area contributed by atoms with Gasteiger partial charge in [-0.05, 0) is 36.4 Å². The Morgan fingerprint density at radius 1 is 1.09 bits per heavy atom. The molecule has 0 bridgehead atoms. The van der Waals surface area contributed by atoms with Crippen LogP contribution < -0.4 is 10.2 Å². The lowest BCUT2D eigenvalue weighted by Crippen LogP contribution is -2.61. The molecule has 2 N–H and O–H groups in total. The van der Waals surface area contributed by atoms with Crippen molar-refractivity contribution in [1.29, 1.82) is 0 Å². The number of hydrogen-bond donors (Lipinski definition) is 2. The summed E-state index contributed by atoms with van der Waals surface area (Å²) in [6.07, 6.45) is 0. The van der Waals surface area contributed by atoms with Crippen molar-refractivity contribution in [3.05, 3.63) is 42.5 Å². The van der Waals surface area contributed by atoms with Gasteiger partial charge >= 0.3 is 0 Å². The second-order valence-electron chi connectivity index (χ2n) is 7.03. The Bertz CT molecular complexity index is 1390. The van der Waals surface area contributed by atoms with Crippen LogP contribution in [0.4, 0.5) is 0 Å². The molecule has 1 fully saturated rings. The number of methoxy groups -OCH3 is 1. The molecule has 176 valence electrons. The van der Waals surface area contributed by atoms with Crippen LogP contribution in [0, 0.1) is 0 Å². The van der Waals surface area contributed by atoms with Crippen molar-refractivity contribution in [1.82, 2.24) is 22.8 Å². The van der Waals surface area contributed by atoms with Gasteiger partial charge in [0, 0.05) is 19.6 Å². The molecule has 1 aliphatic rings. The number of rotatable bonds is 6. The predicted molar refractivity (Wildman–Crippen MR) is 117 cm³/mol. The molecule has 0 radical (unpaired) electrons. The summed E-state index contributed by atoms with van der Waals surface area (Å²) in [5, 5.41) is 9.21. The summed E-state index contributed by atoms with van der Waals surface area (Å²) in [5.41, 5.74) is 2.04. The summed E-state index contributed by atoms with van der Waals surface area (Å²) >= 11 is 0.866. The number of hydrogen-bond acceptors (Lipinski definition) is 10. The van der Waals surface area contributed by atoms with E-state index in [1.807, 2.05) is 0 Å². The first-order valence-electron chi connectivity index (χ1n) is 9.51. The number of nitrogens with zero attached hydrogens (tertiary/aromatic N) is 4. The molecule has 4 rings (SSSR count). The second-order valence-corrected chi connectivity index (χ2v) is 11.4. The monoisotopic (exact) mass is 513 g/mol. The summed E-state index contributed by atoms with van der Waals surface area (Å²) in [6, 6.07) is 8.58. The Balaban J connectivity index is 1.68. The van der Waals surface area contributed by atoms with E-state index in [9.17, 15) is 26.8 Å². The molecule has 0 saturated carbocycles. The third-order valence-electron chi connectivity index (χ3n) is 5.24. The summed E-state index contributed by atoms with van der Waals surface area (Å²) in [4.78, 5) is 12.2. The van der Waals surface area contributed by atoms with Gasteiger partial charge in [0.05, 0.1) is 23.7 Å². The number of amides is 1. The van der Waals surface area contributed by atoms with E-state index in [-0.39, 0.29) is 28.4 Å². The number of benzene rings is 2. The van der Waals surface area contributed by atoms with Crippen LogP contribution in [0.1, 0.15) is 0 Å². The van der Waals surface area contributed by atoms with Crippen molar-refractivity contribution in [2.24, 2.45) is 0 Å². The molecular formula is C18H19N5O7S3. The zero-order valence-electron chi connectivity index (χ0n) is 17.2. The Hall–Kier alpha value is -2.69. The van der Waals surface area contributed by atoms with E-state index in [2.05, 4.69) is 8.75 Å². The van der Waals surface area contributed by atoms with Gasteiger partial charge in [0.1, 0.15) is 27.7 Å². The van der Waals surface area contributed by atoms with Crippen LogP contribution in [-0.4, -0.2) is 78.1 Å². The van der Waals surface area contributed by atoms with Gasteiger partial charge in [0.25, 0.3) is 5.91 Å². The minimum absolute atomic E-state index is 0.0941. The minimum Gasteiger partial charge on any atom is -0.497 e. The summed E-state index contributed by atoms with van der Waals surface area (Å²) in [5.74, 6) is -0.610. The molecule has 1 aliphatic heterocycles. The molecule has 15 heteroatoms. The van der Waals surface area contributed by atoms with E-state index in [1.165, 1.54) is 49.0 Å². The van der Waals surface area contributed by atoms with E-state index in [0.717, 1.165) is 20.3 Å². The highest BCUT2D eigenvalue weighted by atomic mass is 32.2. The average Bonchev–Trinajstić information content (AvgIpc) is 3.32. The molecule has 1 atom stereocenters. The SMILES string of the molecule is COc1ccc(S(=O)(=O)N2CCN(S(=O)(=O)c3cccc4nsnc34)CC2C(=O)NO)cc1. The van der Waals surface area contributed by atoms with Gasteiger partial charge in [-0.3, -0.25) is 10.0 Å². The highest BCUT2D eigenvalue weighted by Crippen LogP contribution is 2.29. The van der Waals surface area contributed by atoms with Crippen LogP contribution in [0.5, 0.6) is 5.75 Å². The highest BCUT2D eigenvalue weighted by Gasteiger charge is 2.44. The number of hydroxylamine groups is 1. The zero-order valence-corrected chi connectivity index (χ0v) is 19.6.